The van der Waals surface area contributed by atoms with Gasteiger partial charge in [-0.25, -0.2) is 0 Å². The lowest BCUT2D eigenvalue weighted by atomic mass is 10.1. The molecule has 0 spiro atoms. The topological polar surface area (TPSA) is 0 Å². The predicted molar refractivity (Wildman–Crippen MR) is 82.7 cm³/mol. The largest absolute Gasteiger partial charge is 0.0508 e. The smallest absolute Gasteiger partial charge is 0.0192 e. The average Bonchev–Trinajstić information content (AvgIpc) is 2.14. The summed E-state index contributed by atoms with van der Waals surface area (Å²) in [5, 5.41) is 0. The van der Waals surface area contributed by atoms with Gasteiger partial charge in [-0.1, -0.05) is 63.7 Å². The van der Waals surface area contributed by atoms with Crippen LogP contribution in [0.15, 0.2) is 54.3 Å². The Bertz CT molecular complexity index is 445. The SMILES string of the molecule is Brc1cc(Br)cc(-c2cc(Br)cc(Br)c2)c1. The zero-order valence-electron chi connectivity index (χ0n) is 7.98. The maximum absolute atomic E-state index is 3.49. The van der Waals surface area contributed by atoms with Crippen molar-refractivity contribution in [3.63, 3.8) is 0 Å². The first-order valence-corrected chi connectivity index (χ1v) is 7.64. The summed E-state index contributed by atoms with van der Waals surface area (Å²) in [4.78, 5) is 0. The van der Waals surface area contributed by atoms with Crippen molar-refractivity contribution in [2.24, 2.45) is 0 Å². The Morgan fingerprint density at radius 3 is 0.938 bits per heavy atom. The second-order valence-corrected chi connectivity index (χ2v) is 6.98. The van der Waals surface area contributed by atoms with Gasteiger partial charge in [0.05, 0.1) is 0 Å². The van der Waals surface area contributed by atoms with E-state index in [0.717, 1.165) is 17.9 Å². The van der Waals surface area contributed by atoms with E-state index in [1.807, 2.05) is 12.1 Å². The van der Waals surface area contributed by atoms with Gasteiger partial charge in [0.15, 0.2) is 0 Å². The lowest BCUT2D eigenvalue weighted by Crippen LogP contribution is -1.80. The van der Waals surface area contributed by atoms with Crippen LogP contribution in [0, 0.1) is 0 Å². The molecule has 0 N–H and O–H groups in total. The third-order valence-corrected chi connectivity index (χ3v) is 3.89. The molecule has 82 valence electrons. The van der Waals surface area contributed by atoms with Crippen molar-refractivity contribution in [3.8, 4) is 11.1 Å². The van der Waals surface area contributed by atoms with E-state index in [9.17, 15) is 0 Å². The van der Waals surface area contributed by atoms with Crippen LogP contribution in [0.25, 0.3) is 11.1 Å². The van der Waals surface area contributed by atoms with Crippen LogP contribution in [0.3, 0.4) is 0 Å². The molecule has 0 bridgehead atoms. The summed E-state index contributed by atoms with van der Waals surface area (Å²) in [5.41, 5.74) is 2.34. The van der Waals surface area contributed by atoms with Crippen molar-refractivity contribution in [2.45, 2.75) is 0 Å². The van der Waals surface area contributed by atoms with E-state index in [1.54, 1.807) is 0 Å². The van der Waals surface area contributed by atoms with Gasteiger partial charge in [0.25, 0.3) is 0 Å². The standard InChI is InChI=1S/C12H6Br4/c13-9-1-7(2-10(14)5-9)8-3-11(15)6-12(16)4-8/h1-6H. The van der Waals surface area contributed by atoms with E-state index in [1.165, 1.54) is 11.1 Å². The molecule has 0 aliphatic heterocycles. The molecule has 16 heavy (non-hydrogen) atoms. The number of halogens is 4. The first-order valence-electron chi connectivity index (χ1n) is 4.47. The second kappa shape index (κ2) is 5.34. The Labute approximate surface area is 128 Å². The fourth-order valence-corrected chi connectivity index (χ4v) is 4.03. The molecule has 2 aromatic carbocycles. The average molecular weight is 470 g/mol. The number of benzene rings is 2. The van der Waals surface area contributed by atoms with Gasteiger partial charge < -0.3 is 0 Å². The van der Waals surface area contributed by atoms with Crippen LogP contribution in [0.4, 0.5) is 0 Å². The Balaban J connectivity index is 2.57. The first-order chi connectivity index (χ1) is 7.54. The summed E-state index contributed by atoms with van der Waals surface area (Å²) >= 11 is 14.0. The minimum absolute atomic E-state index is 1.06. The van der Waals surface area contributed by atoms with Crippen LogP contribution in [0.2, 0.25) is 0 Å². The molecule has 0 aliphatic carbocycles. The van der Waals surface area contributed by atoms with Crippen LogP contribution in [-0.2, 0) is 0 Å². The monoisotopic (exact) mass is 466 g/mol. The number of rotatable bonds is 1. The zero-order chi connectivity index (χ0) is 11.7. The van der Waals surface area contributed by atoms with Gasteiger partial charge >= 0.3 is 0 Å². The molecule has 0 fully saturated rings. The highest BCUT2D eigenvalue weighted by atomic mass is 79.9. The molecule has 0 radical (unpaired) electrons. The van der Waals surface area contributed by atoms with Gasteiger partial charge in [0.2, 0.25) is 0 Å². The number of hydrogen-bond donors (Lipinski definition) is 0. The molecule has 4 heteroatoms. The third kappa shape index (κ3) is 3.19. The summed E-state index contributed by atoms with van der Waals surface area (Å²) in [6.07, 6.45) is 0. The lowest BCUT2D eigenvalue weighted by Gasteiger charge is -2.05. The summed E-state index contributed by atoms with van der Waals surface area (Å²) in [5.74, 6) is 0. The van der Waals surface area contributed by atoms with Gasteiger partial charge in [-0.05, 0) is 47.5 Å². The highest BCUT2D eigenvalue weighted by Gasteiger charge is 2.03. The molecule has 0 atom stereocenters. The molecule has 2 aromatic rings. The van der Waals surface area contributed by atoms with Crippen LogP contribution in [0.1, 0.15) is 0 Å². The highest BCUT2D eigenvalue weighted by molar-refractivity contribution is 9.11. The van der Waals surface area contributed by atoms with Crippen molar-refractivity contribution in [1.29, 1.82) is 0 Å². The molecule has 0 amide bonds. The van der Waals surface area contributed by atoms with E-state index in [-0.39, 0.29) is 0 Å². The van der Waals surface area contributed by atoms with E-state index in [4.69, 9.17) is 0 Å². The molecule has 0 heterocycles. The summed E-state index contributed by atoms with van der Waals surface area (Å²) in [7, 11) is 0. The van der Waals surface area contributed by atoms with Crippen molar-refractivity contribution in [2.75, 3.05) is 0 Å². The fourth-order valence-electron chi connectivity index (χ4n) is 1.44. The van der Waals surface area contributed by atoms with Crippen LogP contribution in [0.5, 0.6) is 0 Å². The molecule has 0 unspecified atom stereocenters. The summed E-state index contributed by atoms with van der Waals surface area (Å²) in [6.45, 7) is 0. The summed E-state index contributed by atoms with van der Waals surface area (Å²) in [6, 6.07) is 12.4. The fraction of sp³-hybridized carbons (Fsp3) is 0. The quantitative estimate of drug-likeness (QED) is 0.453. The third-order valence-electron chi connectivity index (χ3n) is 2.06. The Morgan fingerprint density at radius 1 is 0.438 bits per heavy atom. The van der Waals surface area contributed by atoms with Gasteiger partial charge in [-0.3, -0.25) is 0 Å². The Hall–Kier alpha value is 0.360. The van der Waals surface area contributed by atoms with E-state index in [2.05, 4.69) is 88.0 Å². The first kappa shape index (κ1) is 12.8. The molecule has 0 saturated heterocycles. The van der Waals surface area contributed by atoms with E-state index < -0.39 is 0 Å². The van der Waals surface area contributed by atoms with Crippen LogP contribution >= 0.6 is 63.7 Å². The molecule has 2 rings (SSSR count). The van der Waals surface area contributed by atoms with Crippen molar-refractivity contribution < 1.29 is 0 Å². The molecule has 0 aromatic heterocycles. The molecule has 0 nitrogen and oxygen atoms in total. The minimum atomic E-state index is 1.06. The van der Waals surface area contributed by atoms with Gasteiger partial charge in [0, 0.05) is 17.9 Å². The second-order valence-electron chi connectivity index (χ2n) is 3.32. The molecule has 0 aliphatic rings. The van der Waals surface area contributed by atoms with E-state index in [0.29, 0.717) is 0 Å². The Kier molecular flexibility index (Phi) is 4.27. The van der Waals surface area contributed by atoms with Crippen LogP contribution in [-0.4, -0.2) is 0 Å². The van der Waals surface area contributed by atoms with Crippen molar-refractivity contribution in [1.82, 2.24) is 0 Å². The Morgan fingerprint density at radius 2 is 0.688 bits per heavy atom. The van der Waals surface area contributed by atoms with Crippen molar-refractivity contribution in [3.05, 3.63) is 54.3 Å². The van der Waals surface area contributed by atoms with Gasteiger partial charge in [-0.2, -0.15) is 0 Å². The normalized spacial score (nSPS) is 10.5. The van der Waals surface area contributed by atoms with E-state index >= 15 is 0 Å². The highest BCUT2D eigenvalue weighted by Crippen LogP contribution is 2.31. The molecule has 0 saturated carbocycles. The number of hydrogen-bond acceptors (Lipinski definition) is 0. The molecular weight excluding hydrogens is 464 g/mol. The zero-order valence-corrected chi connectivity index (χ0v) is 14.3. The lowest BCUT2D eigenvalue weighted by molar-refractivity contribution is 1.53. The van der Waals surface area contributed by atoms with Crippen LogP contribution < -0.4 is 0 Å². The van der Waals surface area contributed by atoms with Crippen molar-refractivity contribution >= 4 is 63.7 Å². The van der Waals surface area contributed by atoms with Gasteiger partial charge in [-0.15, -0.1) is 0 Å². The van der Waals surface area contributed by atoms with Gasteiger partial charge in [0.1, 0.15) is 0 Å². The maximum atomic E-state index is 3.49. The minimum Gasteiger partial charge on any atom is -0.0508 e. The summed E-state index contributed by atoms with van der Waals surface area (Å²) < 4.78 is 4.25. The predicted octanol–water partition coefficient (Wildman–Crippen LogP) is 6.40. The maximum Gasteiger partial charge on any atom is 0.0192 e. The molecular formula is C12H6Br4.